The fourth-order valence-electron chi connectivity index (χ4n) is 2.67. The molecule has 0 aliphatic heterocycles. The molecule has 2 heterocycles. The zero-order valence-electron chi connectivity index (χ0n) is 14.8. The van der Waals surface area contributed by atoms with Crippen LogP contribution in [0.15, 0.2) is 36.5 Å². The molecule has 0 fully saturated rings. The van der Waals surface area contributed by atoms with Gasteiger partial charge in [0.25, 0.3) is 0 Å². The van der Waals surface area contributed by atoms with Crippen molar-refractivity contribution in [2.75, 3.05) is 11.9 Å². The van der Waals surface area contributed by atoms with Crippen LogP contribution >= 0.6 is 0 Å². The molecule has 0 saturated carbocycles. The lowest BCUT2D eigenvalue weighted by Gasteiger charge is -2.12. The Kier molecular flexibility index (Phi) is 5.48. The average molecular weight is 395 g/mol. The zero-order valence-corrected chi connectivity index (χ0v) is 14.8. The number of carbonyl (C=O) groups is 1. The fraction of sp³-hybridized carbons (Fsp3) is 0.278. The van der Waals surface area contributed by atoms with Gasteiger partial charge in [-0.05, 0) is 43.2 Å². The second kappa shape index (κ2) is 7.83. The number of nitrogens with zero attached hydrogens (tertiary/aromatic N) is 3. The van der Waals surface area contributed by atoms with Crippen molar-refractivity contribution in [3.8, 4) is 0 Å². The van der Waals surface area contributed by atoms with Gasteiger partial charge in [0.15, 0.2) is 5.65 Å². The molecule has 0 radical (unpaired) electrons. The van der Waals surface area contributed by atoms with Gasteiger partial charge in [0, 0.05) is 25.0 Å². The van der Waals surface area contributed by atoms with Crippen LogP contribution < -0.4 is 10.6 Å². The maximum absolute atomic E-state index is 13.5. The van der Waals surface area contributed by atoms with E-state index in [0.29, 0.717) is 5.56 Å². The Morgan fingerprint density at radius 2 is 2.04 bits per heavy atom. The largest absolute Gasteiger partial charge is 0.449 e. The summed E-state index contributed by atoms with van der Waals surface area (Å²) in [4.78, 5) is 19.4. The number of nitrogens with one attached hydrogen (secondary N) is 2. The SMILES string of the molecule is Cc1ccc(NC(=O)NCCCn2c(C(F)(F)F)nc3cccnc32)cc1F. The van der Waals surface area contributed by atoms with E-state index in [1.165, 1.54) is 30.5 Å². The Morgan fingerprint density at radius 1 is 1.25 bits per heavy atom. The lowest BCUT2D eigenvalue weighted by Crippen LogP contribution is -2.30. The number of benzene rings is 1. The van der Waals surface area contributed by atoms with Crippen LogP contribution in [-0.2, 0) is 12.7 Å². The van der Waals surface area contributed by atoms with E-state index in [2.05, 4.69) is 20.6 Å². The maximum Gasteiger partial charge on any atom is 0.449 e. The van der Waals surface area contributed by atoms with Crippen molar-refractivity contribution in [3.05, 3.63) is 53.7 Å². The zero-order chi connectivity index (χ0) is 20.3. The van der Waals surface area contributed by atoms with Crippen LogP contribution in [0, 0.1) is 12.7 Å². The Hall–Kier alpha value is -3.17. The number of aryl methyl sites for hydroxylation is 2. The first-order chi connectivity index (χ1) is 13.3. The topological polar surface area (TPSA) is 71.8 Å². The van der Waals surface area contributed by atoms with E-state index in [1.54, 1.807) is 13.0 Å². The van der Waals surface area contributed by atoms with Crippen LogP contribution in [0.3, 0.4) is 0 Å². The summed E-state index contributed by atoms with van der Waals surface area (Å²) in [5, 5.41) is 4.99. The molecule has 0 unspecified atom stereocenters. The van der Waals surface area contributed by atoms with Crippen molar-refractivity contribution < 1.29 is 22.4 Å². The van der Waals surface area contributed by atoms with Crippen LogP contribution in [0.1, 0.15) is 17.8 Å². The average Bonchev–Trinajstić information content (AvgIpc) is 3.01. The Morgan fingerprint density at radius 3 is 2.75 bits per heavy atom. The minimum absolute atomic E-state index is 0.0260. The summed E-state index contributed by atoms with van der Waals surface area (Å²) in [6.07, 6.45) is -2.99. The third-order valence-electron chi connectivity index (χ3n) is 4.03. The predicted molar refractivity (Wildman–Crippen MR) is 95.3 cm³/mol. The molecule has 6 nitrogen and oxygen atoms in total. The number of amides is 2. The third-order valence-corrected chi connectivity index (χ3v) is 4.03. The van der Waals surface area contributed by atoms with Gasteiger partial charge in [0.2, 0.25) is 5.82 Å². The highest BCUT2D eigenvalue weighted by Crippen LogP contribution is 2.30. The molecule has 10 heteroatoms. The molecule has 0 bridgehead atoms. The lowest BCUT2D eigenvalue weighted by molar-refractivity contribution is -0.147. The number of aromatic nitrogens is 3. The number of pyridine rings is 1. The van der Waals surface area contributed by atoms with Gasteiger partial charge in [-0.2, -0.15) is 13.2 Å². The van der Waals surface area contributed by atoms with Gasteiger partial charge in [-0.3, -0.25) is 0 Å². The molecule has 2 aromatic heterocycles. The van der Waals surface area contributed by atoms with E-state index in [-0.39, 0.29) is 36.4 Å². The monoisotopic (exact) mass is 395 g/mol. The van der Waals surface area contributed by atoms with Crippen molar-refractivity contribution in [2.24, 2.45) is 0 Å². The standard InChI is InChI=1S/C18H17F4N5O/c1-11-5-6-12(10-13(11)19)25-17(28)24-8-3-9-27-15-14(4-2-7-23-15)26-16(27)18(20,21)22/h2,4-7,10H,3,8-9H2,1H3,(H2,24,25,28). The van der Waals surface area contributed by atoms with E-state index in [4.69, 9.17) is 0 Å². The number of anilines is 1. The molecule has 28 heavy (non-hydrogen) atoms. The Bertz CT molecular complexity index is 999. The number of hydrogen-bond donors (Lipinski definition) is 2. The van der Waals surface area contributed by atoms with Crippen LogP contribution in [0.4, 0.5) is 28.0 Å². The van der Waals surface area contributed by atoms with E-state index < -0.39 is 23.8 Å². The molecule has 148 valence electrons. The molecule has 0 atom stereocenters. The fourth-order valence-corrected chi connectivity index (χ4v) is 2.67. The van der Waals surface area contributed by atoms with Gasteiger partial charge >= 0.3 is 12.2 Å². The molecule has 1 aromatic carbocycles. The highest BCUT2D eigenvalue weighted by atomic mass is 19.4. The van der Waals surface area contributed by atoms with Gasteiger partial charge in [-0.1, -0.05) is 6.07 Å². The molecule has 0 saturated heterocycles. The van der Waals surface area contributed by atoms with Crippen LogP contribution in [0.2, 0.25) is 0 Å². The first-order valence-electron chi connectivity index (χ1n) is 8.45. The highest BCUT2D eigenvalue weighted by Gasteiger charge is 2.37. The minimum atomic E-state index is -4.61. The number of fused-ring (bicyclic) bond motifs is 1. The van der Waals surface area contributed by atoms with E-state index >= 15 is 0 Å². The van der Waals surface area contributed by atoms with Crippen molar-refractivity contribution in [1.82, 2.24) is 19.9 Å². The number of halogens is 4. The van der Waals surface area contributed by atoms with Gasteiger partial charge in [0.1, 0.15) is 11.3 Å². The summed E-state index contributed by atoms with van der Waals surface area (Å²) in [6, 6.07) is 6.67. The predicted octanol–water partition coefficient (Wildman–Crippen LogP) is 4.11. The summed E-state index contributed by atoms with van der Waals surface area (Å²) < 4.78 is 54.1. The Balaban J connectivity index is 1.59. The molecule has 0 aliphatic carbocycles. The van der Waals surface area contributed by atoms with Crippen LogP contribution in [-0.4, -0.2) is 27.1 Å². The first kappa shape index (κ1) is 19.6. The smallest absolute Gasteiger partial charge is 0.338 e. The van der Waals surface area contributed by atoms with Crippen molar-refractivity contribution in [1.29, 1.82) is 0 Å². The molecule has 0 aliphatic rings. The molecular weight excluding hydrogens is 378 g/mol. The van der Waals surface area contributed by atoms with Crippen molar-refractivity contribution in [3.63, 3.8) is 0 Å². The first-order valence-corrected chi connectivity index (χ1v) is 8.45. The number of hydrogen-bond acceptors (Lipinski definition) is 3. The third kappa shape index (κ3) is 4.38. The van der Waals surface area contributed by atoms with Crippen LogP contribution in [0.5, 0.6) is 0 Å². The summed E-state index contributed by atoms with van der Waals surface area (Å²) in [7, 11) is 0. The maximum atomic E-state index is 13.5. The molecule has 0 spiro atoms. The Labute approximate surface area is 157 Å². The quantitative estimate of drug-likeness (QED) is 0.505. The molecule has 3 rings (SSSR count). The van der Waals surface area contributed by atoms with Crippen molar-refractivity contribution >= 4 is 22.9 Å². The normalized spacial score (nSPS) is 11.6. The number of alkyl halides is 3. The number of carbonyl (C=O) groups excluding carboxylic acids is 1. The lowest BCUT2D eigenvalue weighted by atomic mass is 10.2. The molecule has 2 amide bonds. The summed E-state index contributed by atoms with van der Waals surface area (Å²) in [6.45, 7) is 1.69. The number of urea groups is 1. The van der Waals surface area contributed by atoms with Crippen molar-refractivity contribution in [2.45, 2.75) is 26.1 Å². The second-order valence-electron chi connectivity index (χ2n) is 6.13. The molecule has 2 N–H and O–H groups in total. The number of imidazole rings is 1. The van der Waals surface area contributed by atoms with Gasteiger partial charge in [-0.25, -0.2) is 19.2 Å². The summed E-state index contributed by atoms with van der Waals surface area (Å²) >= 11 is 0. The van der Waals surface area contributed by atoms with E-state index in [9.17, 15) is 22.4 Å². The summed E-state index contributed by atoms with van der Waals surface area (Å²) in [5.74, 6) is -1.47. The molecule has 3 aromatic rings. The molecular formula is C18H17F4N5O. The van der Waals surface area contributed by atoms with Gasteiger partial charge < -0.3 is 15.2 Å². The van der Waals surface area contributed by atoms with Crippen LogP contribution in [0.25, 0.3) is 11.2 Å². The second-order valence-corrected chi connectivity index (χ2v) is 6.13. The van der Waals surface area contributed by atoms with Gasteiger partial charge in [0.05, 0.1) is 0 Å². The highest BCUT2D eigenvalue weighted by molar-refractivity contribution is 5.89. The summed E-state index contributed by atoms with van der Waals surface area (Å²) in [5.41, 5.74) is 1.02. The van der Waals surface area contributed by atoms with E-state index in [0.717, 1.165) is 4.57 Å². The van der Waals surface area contributed by atoms with Gasteiger partial charge in [-0.15, -0.1) is 0 Å². The van der Waals surface area contributed by atoms with E-state index in [1.807, 2.05) is 0 Å². The number of rotatable bonds is 5. The minimum Gasteiger partial charge on any atom is -0.338 e.